The van der Waals surface area contributed by atoms with E-state index in [1.54, 1.807) is 4.90 Å². The van der Waals surface area contributed by atoms with Crippen molar-refractivity contribution >= 4 is 30.1 Å². The van der Waals surface area contributed by atoms with Gasteiger partial charge in [0.2, 0.25) is 17.7 Å². The van der Waals surface area contributed by atoms with Crippen LogP contribution in [0.5, 0.6) is 0 Å². The molecule has 2 fully saturated rings. The van der Waals surface area contributed by atoms with Gasteiger partial charge in [-0.05, 0) is 43.0 Å². The van der Waals surface area contributed by atoms with Crippen LogP contribution in [0.1, 0.15) is 48.9 Å². The summed E-state index contributed by atoms with van der Waals surface area (Å²) >= 11 is 0. The fourth-order valence-corrected chi connectivity index (χ4v) is 6.39. The van der Waals surface area contributed by atoms with E-state index in [0.29, 0.717) is 26.1 Å². The highest BCUT2D eigenvalue weighted by molar-refractivity contribution is 5.93. The Morgan fingerprint density at radius 1 is 0.864 bits per heavy atom. The SMILES string of the molecule is CNC[C@@H](C)C(=O)N[C@H]1CN(Cc2ccccc2)CC[C@H]2CC[C@@H](C(=O)NC(c3ccccc3)c3ccccc3)N2C1=O.Cl. The van der Waals surface area contributed by atoms with Crippen molar-refractivity contribution in [1.82, 2.24) is 25.8 Å². The molecule has 4 atom stereocenters. The average Bonchev–Trinajstić information content (AvgIpc) is 3.46. The number of halogens is 1. The van der Waals surface area contributed by atoms with Gasteiger partial charge in [0.05, 0.1) is 6.04 Å². The Kier molecular flexibility index (Phi) is 11.9. The molecule has 0 radical (unpaired) electrons. The quantitative estimate of drug-likeness (QED) is 0.321. The van der Waals surface area contributed by atoms with Gasteiger partial charge in [-0.25, -0.2) is 0 Å². The standard InChI is InChI=1S/C35H43N5O3.ClH/c1-25(22-36-2)33(41)37-30-24-39(23-26-12-6-3-7-13-26)21-20-29-18-19-31(40(29)35(30)43)34(42)38-32(27-14-8-4-9-15-27)28-16-10-5-11-17-28;/h3-17,25,29-32,36H,18-24H2,1-2H3,(H,37,41)(H,38,42);1H/t25-,29-,30+,31+;/m1./s1. The van der Waals surface area contributed by atoms with Crippen molar-refractivity contribution in [1.29, 1.82) is 0 Å². The van der Waals surface area contributed by atoms with Gasteiger partial charge in [0.15, 0.2) is 0 Å². The summed E-state index contributed by atoms with van der Waals surface area (Å²) < 4.78 is 0. The van der Waals surface area contributed by atoms with E-state index in [4.69, 9.17) is 0 Å². The van der Waals surface area contributed by atoms with Gasteiger partial charge in [-0.3, -0.25) is 19.3 Å². The van der Waals surface area contributed by atoms with Crippen molar-refractivity contribution in [2.75, 3.05) is 26.7 Å². The molecule has 0 unspecified atom stereocenters. The normalized spacial score (nSPS) is 21.0. The first-order valence-corrected chi connectivity index (χ1v) is 15.4. The predicted octanol–water partition coefficient (Wildman–Crippen LogP) is 3.92. The highest BCUT2D eigenvalue weighted by Crippen LogP contribution is 2.31. The van der Waals surface area contributed by atoms with Crippen LogP contribution in [-0.4, -0.2) is 72.3 Å². The maximum absolute atomic E-state index is 14.3. The molecule has 2 heterocycles. The number of nitrogens with zero attached hydrogens (tertiary/aromatic N) is 2. The van der Waals surface area contributed by atoms with Crippen LogP contribution < -0.4 is 16.0 Å². The number of hydrogen-bond donors (Lipinski definition) is 3. The van der Waals surface area contributed by atoms with Crippen molar-refractivity contribution in [2.24, 2.45) is 5.92 Å². The van der Waals surface area contributed by atoms with Crippen LogP contribution in [0.25, 0.3) is 0 Å². The molecule has 3 aromatic carbocycles. The van der Waals surface area contributed by atoms with E-state index < -0.39 is 12.1 Å². The second-order valence-corrected chi connectivity index (χ2v) is 11.8. The average molecular weight is 618 g/mol. The Balaban J connectivity index is 0.00000442. The first kappa shape index (κ1) is 33.2. The molecule has 234 valence electrons. The molecule has 9 heteroatoms. The molecule has 0 spiro atoms. The lowest BCUT2D eigenvalue weighted by Crippen LogP contribution is -2.61. The Morgan fingerprint density at radius 2 is 1.45 bits per heavy atom. The van der Waals surface area contributed by atoms with Crippen LogP contribution in [0, 0.1) is 5.92 Å². The minimum absolute atomic E-state index is 0. The number of benzene rings is 3. The molecule has 3 N–H and O–H groups in total. The molecule has 0 aliphatic carbocycles. The molecule has 44 heavy (non-hydrogen) atoms. The molecule has 2 aliphatic rings. The summed E-state index contributed by atoms with van der Waals surface area (Å²) in [5, 5.41) is 9.38. The summed E-state index contributed by atoms with van der Waals surface area (Å²) in [5.41, 5.74) is 3.13. The predicted molar refractivity (Wildman–Crippen MR) is 175 cm³/mol. The maximum atomic E-state index is 14.3. The summed E-state index contributed by atoms with van der Waals surface area (Å²) in [4.78, 5) is 45.5. The highest BCUT2D eigenvalue weighted by atomic mass is 35.5. The van der Waals surface area contributed by atoms with E-state index in [1.165, 1.54) is 0 Å². The zero-order chi connectivity index (χ0) is 30.2. The van der Waals surface area contributed by atoms with Gasteiger partial charge in [-0.15, -0.1) is 12.4 Å². The third-order valence-corrected chi connectivity index (χ3v) is 8.65. The van der Waals surface area contributed by atoms with Gasteiger partial charge >= 0.3 is 0 Å². The van der Waals surface area contributed by atoms with Crippen molar-refractivity contribution in [3.05, 3.63) is 108 Å². The third kappa shape index (κ3) is 8.05. The van der Waals surface area contributed by atoms with Gasteiger partial charge in [-0.1, -0.05) is 97.9 Å². The molecule has 5 rings (SSSR count). The topological polar surface area (TPSA) is 93.8 Å². The summed E-state index contributed by atoms with van der Waals surface area (Å²) in [5.74, 6) is -0.806. The van der Waals surface area contributed by atoms with Gasteiger partial charge in [0.1, 0.15) is 12.1 Å². The van der Waals surface area contributed by atoms with E-state index in [-0.39, 0.29) is 48.1 Å². The lowest BCUT2D eigenvalue weighted by molar-refractivity contribution is -0.145. The number of carbonyl (C=O) groups excluding carboxylic acids is 3. The van der Waals surface area contributed by atoms with Crippen molar-refractivity contribution < 1.29 is 14.4 Å². The smallest absolute Gasteiger partial charge is 0.247 e. The molecule has 8 nitrogen and oxygen atoms in total. The zero-order valence-electron chi connectivity index (χ0n) is 25.5. The molecular formula is C35H44ClN5O3. The first-order valence-electron chi connectivity index (χ1n) is 15.4. The molecule has 0 saturated carbocycles. The molecule has 2 saturated heterocycles. The lowest BCUT2D eigenvalue weighted by atomic mass is 9.98. The monoisotopic (exact) mass is 617 g/mol. The number of fused-ring (bicyclic) bond motifs is 1. The van der Waals surface area contributed by atoms with Crippen molar-refractivity contribution in [3.8, 4) is 0 Å². The molecule has 0 bridgehead atoms. The third-order valence-electron chi connectivity index (χ3n) is 8.65. The van der Waals surface area contributed by atoms with E-state index >= 15 is 0 Å². The number of nitrogens with one attached hydrogen (secondary N) is 3. The van der Waals surface area contributed by atoms with E-state index in [9.17, 15) is 14.4 Å². The van der Waals surface area contributed by atoms with Crippen LogP contribution in [0.3, 0.4) is 0 Å². The number of rotatable bonds is 10. The lowest BCUT2D eigenvalue weighted by Gasteiger charge is -2.39. The van der Waals surface area contributed by atoms with Crippen LogP contribution in [0.15, 0.2) is 91.0 Å². The minimum Gasteiger partial charge on any atom is -0.343 e. The van der Waals surface area contributed by atoms with Crippen LogP contribution >= 0.6 is 12.4 Å². The largest absolute Gasteiger partial charge is 0.343 e. The van der Waals surface area contributed by atoms with Gasteiger partial charge in [0, 0.05) is 38.1 Å². The fraction of sp³-hybridized carbons (Fsp3) is 0.400. The zero-order valence-corrected chi connectivity index (χ0v) is 26.3. The van der Waals surface area contributed by atoms with Crippen LogP contribution in [0.2, 0.25) is 0 Å². The molecular weight excluding hydrogens is 574 g/mol. The highest BCUT2D eigenvalue weighted by Gasteiger charge is 2.45. The summed E-state index contributed by atoms with van der Waals surface area (Å²) in [7, 11) is 1.81. The Hall–Kier alpha value is -3.72. The van der Waals surface area contributed by atoms with E-state index in [0.717, 1.165) is 36.1 Å². The fourth-order valence-electron chi connectivity index (χ4n) is 6.39. The maximum Gasteiger partial charge on any atom is 0.247 e. The number of carbonyl (C=O) groups is 3. The van der Waals surface area contributed by atoms with Gasteiger partial charge in [0.25, 0.3) is 0 Å². The van der Waals surface area contributed by atoms with E-state index in [1.807, 2.05) is 92.8 Å². The number of hydrogen-bond acceptors (Lipinski definition) is 5. The van der Waals surface area contributed by atoms with Crippen molar-refractivity contribution in [2.45, 2.75) is 56.9 Å². The van der Waals surface area contributed by atoms with Gasteiger partial charge in [-0.2, -0.15) is 0 Å². The van der Waals surface area contributed by atoms with E-state index in [2.05, 4.69) is 33.0 Å². The van der Waals surface area contributed by atoms with Crippen LogP contribution in [-0.2, 0) is 20.9 Å². The summed E-state index contributed by atoms with van der Waals surface area (Å²) in [6, 6.07) is 28.3. The Bertz CT molecular complexity index is 1320. The second-order valence-electron chi connectivity index (χ2n) is 11.8. The Labute approximate surface area is 267 Å². The molecule has 3 amide bonds. The summed E-state index contributed by atoms with van der Waals surface area (Å²) in [6.07, 6.45) is 2.12. The van der Waals surface area contributed by atoms with Crippen LogP contribution in [0.4, 0.5) is 0 Å². The second kappa shape index (κ2) is 15.8. The minimum atomic E-state index is -0.745. The first-order chi connectivity index (χ1) is 20.9. The molecule has 0 aromatic heterocycles. The Morgan fingerprint density at radius 3 is 2.05 bits per heavy atom. The number of amides is 3. The molecule has 3 aromatic rings. The van der Waals surface area contributed by atoms with Crippen molar-refractivity contribution in [3.63, 3.8) is 0 Å². The van der Waals surface area contributed by atoms with Gasteiger partial charge < -0.3 is 20.9 Å². The molecule has 2 aliphatic heterocycles. The summed E-state index contributed by atoms with van der Waals surface area (Å²) in [6.45, 7) is 4.22.